The van der Waals surface area contributed by atoms with Crippen molar-refractivity contribution in [3.63, 3.8) is 0 Å². The van der Waals surface area contributed by atoms with Gasteiger partial charge in [-0.05, 0) is 13.8 Å². The molecule has 132 valence electrons. The van der Waals surface area contributed by atoms with Crippen molar-refractivity contribution in [3.05, 3.63) is 30.1 Å². The minimum Gasteiger partial charge on any atom is -0.378 e. The number of nitrogens with zero attached hydrogens (tertiary/aromatic N) is 4. The van der Waals surface area contributed by atoms with Crippen molar-refractivity contribution < 1.29 is 13.2 Å². The van der Waals surface area contributed by atoms with Crippen LogP contribution in [0.15, 0.2) is 23.5 Å². The normalized spacial score (nSPS) is 19.9. The maximum absolute atomic E-state index is 12.0. The van der Waals surface area contributed by atoms with Crippen molar-refractivity contribution in [1.29, 1.82) is 0 Å². The molecule has 1 atom stereocenters. The standard InChI is InChI=1S/C15H23N5O3S/c1-11(2)20-5-4-16-14(20)9-19-6-7-23-10-12(19)15-13(8-17-18-15)24(3,21)22/h4-5,8,11-12H,6-7,9-10H2,1-3H3,(H,17,18)/t12-/m1/s1. The van der Waals surface area contributed by atoms with E-state index in [4.69, 9.17) is 4.74 Å². The van der Waals surface area contributed by atoms with Crippen LogP contribution >= 0.6 is 0 Å². The summed E-state index contributed by atoms with van der Waals surface area (Å²) in [6.45, 7) is 6.59. The van der Waals surface area contributed by atoms with Gasteiger partial charge in [-0.2, -0.15) is 5.10 Å². The Morgan fingerprint density at radius 2 is 2.25 bits per heavy atom. The summed E-state index contributed by atoms with van der Waals surface area (Å²) in [5.74, 6) is 0.956. The van der Waals surface area contributed by atoms with Gasteiger partial charge >= 0.3 is 0 Å². The van der Waals surface area contributed by atoms with E-state index in [1.54, 1.807) is 6.20 Å². The summed E-state index contributed by atoms with van der Waals surface area (Å²) in [4.78, 5) is 6.87. The van der Waals surface area contributed by atoms with E-state index in [0.717, 1.165) is 5.82 Å². The number of H-pyrrole nitrogens is 1. The molecular weight excluding hydrogens is 330 g/mol. The molecule has 0 spiro atoms. The number of imidazole rings is 1. The molecule has 1 N–H and O–H groups in total. The zero-order valence-corrected chi connectivity index (χ0v) is 15.0. The Balaban J connectivity index is 1.90. The van der Waals surface area contributed by atoms with Crippen LogP contribution in [0.5, 0.6) is 0 Å². The Kier molecular flexibility index (Phi) is 4.75. The number of ether oxygens (including phenoxy) is 1. The van der Waals surface area contributed by atoms with E-state index in [1.165, 1.54) is 12.5 Å². The fourth-order valence-corrected chi connectivity index (χ4v) is 3.86. The third-order valence-corrected chi connectivity index (χ3v) is 5.38. The van der Waals surface area contributed by atoms with Gasteiger partial charge in [-0.3, -0.25) is 10.00 Å². The van der Waals surface area contributed by atoms with Crippen LogP contribution in [0.2, 0.25) is 0 Å². The van der Waals surface area contributed by atoms with Crippen molar-refractivity contribution in [2.45, 2.75) is 37.4 Å². The van der Waals surface area contributed by atoms with Gasteiger partial charge in [0.2, 0.25) is 0 Å². The first kappa shape index (κ1) is 17.1. The highest BCUT2D eigenvalue weighted by Gasteiger charge is 2.31. The highest BCUT2D eigenvalue weighted by Crippen LogP contribution is 2.29. The molecule has 1 aliphatic heterocycles. The second kappa shape index (κ2) is 6.66. The van der Waals surface area contributed by atoms with E-state index in [1.807, 2.05) is 6.20 Å². The van der Waals surface area contributed by atoms with Crippen LogP contribution < -0.4 is 0 Å². The molecule has 0 amide bonds. The van der Waals surface area contributed by atoms with Crippen LogP contribution in [-0.4, -0.2) is 59.1 Å². The summed E-state index contributed by atoms with van der Waals surface area (Å²) in [5.41, 5.74) is 0.583. The lowest BCUT2D eigenvalue weighted by atomic mass is 10.1. The number of sulfone groups is 1. The molecule has 1 fully saturated rings. The van der Waals surface area contributed by atoms with E-state index in [0.29, 0.717) is 38.0 Å². The van der Waals surface area contributed by atoms with Gasteiger partial charge in [0.05, 0.1) is 37.7 Å². The maximum atomic E-state index is 12.0. The average molecular weight is 353 g/mol. The number of hydrogen-bond acceptors (Lipinski definition) is 6. The van der Waals surface area contributed by atoms with Gasteiger partial charge in [-0.25, -0.2) is 13.4 Å². The number of hydrogen-bond donors (Lipinski definition) is 1. The summed E-state index contributed by atoms with van der Waals surface area (Å²) in [6, 6.07) is 0.129. The van der Waals surface area contributed by atoms with Crippen LogP contribution in [-0.2, 0) is 21.1 Å². The Labute approximate surface area is 141 Å². The van der Waals surface area contributed by atoms with Crippen LogP contribution in [0.1, 0.15) is 37.4 Å². The second-order valence-corrected chi connectivity index (χ2v) is 8.31. The Hall–Kier alpha value is -1.71. The van der Waals surface area contributed by atoms with Crippen molar-refractivity contribution >= 4 is 9.84 Å². The monoisotopic (exact) mass is 353 g/mol. The number of nitrogens with one attached hydrogen (secondary N) is 1. The van der Waals surface area contributed by atoms with Gasteiger partial charge in [0.1, 0.15) is 10.7 Å². The zero-order valence-electron chi connectivity index (χ0n) is 14.1. The average Bonchev–Trinajstić information content (AvgIpc) is 3.15. The number of morpholine rings is 1. The summed E-state index contributed by atoms with van der Waals surface area (Å²) in [7, 11) is -3.34. The molecule has 3 rings (SSSR count). The predicted octanol–water partition coefficient (Wildman–Crippen LogP) is 1.16. The van der Waals surface area contributed by atoms with E-state index < -0.39 is 9.84 Å². The number of aromatic amines is 1. The molecule has 8 nitrogen and oxygen atoms in total. The van der Waals surface area contributed by atoms with E-state index in [9.17, 15) is 8.42 Å². The summed E-state index contributed by atoms with van der Waals surface area (Å²) in [5, 5.41) is 6.78. The SMILES string of the molecule is CC(C)n1ccnc1CN1CCOC[C@@H]1c1[nH]ncc1S(C)(=O)=O. The van der Waals surface area contributed by atoms with Gasteiger partial charge in [0.25, 0.3) is 0 Å². The molecule has 2 aromatic rings. The lowest BCUT2D eigenvalue weighted by Crippen LogP contribution is -2.40. The first-order valence-electron chi connectivity index (χ1n) is 7.94. The van der Waals surface area contributed by atoms with Crippen LogP contribution in [0, 0.1) is 0 Å². The predicted molar refractivity (Wildman–Crippen MR) is 88.3 cm³/mol. The first-order chi connectivity index (χ1) is 11.4. The lowest BCUT2D eigenvalue weighted by Gasteiger charge is -2.35. The minimum atomic E-state index is -3.34. The smallest absolute Gasteiger partial charge is 0.178 e. The highest BCUT2D eigenvalue weighted by molar-refractivity contribution is 7.90. The third-order valence-electron chi connectivity index (χ3n) is 4.25. The molecule has 0 radical (unpaired) electrons. The van der Waals surface area contributed by atoms with E-state index in [-0.39, 0.29) is 10.9 Å². The molecule has 2 aromatic heterocycles. The number of aromatic nitrogens is 4. The van der Waals surface area contributed by atoms with Gasteiger partial charge in [0, 0.05) is 31.2 Å². The third kappa shape index (κ3) is 3.38. The fraction of sp³-hybridized carbons (Fsp3) is 0.600. The second-order valence-electron chi connectivity index (χ2n) is 6.33. The lowest BCUT2D eigenvalue weighted by molar-refractivity contribution is -0.0169. The van der Waals surface area contributed by atoms with Crippen LogP contribution in [0.3, 0.4) is 0 Å². The maximum Gasteiger partial charge on any atom is 0.178 e. The molecule has 9 heteroatoms. The van der Waals surface area contributed by atoms with Crippen molar-refractivity contribution in [2.75, 3.05) is 26.0 Å². The van der Waals surface area contributed by atoms with Gasteiger partial charge in [0.15, 0.2) is 9.84 Å². The molecule has 0 unspecified atom stereocenters. The van der Waals surface area contributed by atoms with Crippen LogP contribution in [0.4, 0.5) is 0 Å². The van der Waals surface area contributed by atoms with Gasteiger partial charge in [-0.1, -0.05) is 0 Å². The van der Waals surface area contributed by atoms with Crippen molar-refractivity contribution in [1.82, 2.24) is 24.6 Å². The molecule has 1 aliphatic rings. The summed E-state index contributed by atoms with van der Waals surface area (Å²) >= 11 is 0. The molecule has 3 heterocycles. The van der Waals surface area contributed by atoms with Crippen molar-refractivity contribution in [3.8, 4) is 0 Å². The molecule has 1 saturated heterocycles. The van der Waals surface area contributed by atoms with Gasteiger partial charge in [-0.15, -0.1) is 0 Å². The topological polar surface area (TPSA) is 93.1 Å². The molecular formula is C15H23N5O3S. The molecule has 0 aromatic carbocycles. The van der Waals surface area contributed by atoms with Crippen LogP contribution in [0.25, 0.3) is 0 Å². The van der Waals surface area contributed by atoms with Gasteiger partial charge < -0.3 is 9.30 Å². The molecule has 0 aliphatic carbocycles. The highest BCUT2D eigenvalue weighted by atomic mass is 32.2. The largest absolute Gasteiger partial charge is 0.378 e. The molecule has 0 saturated carbocycles. The summed E-state index contributed by atoms with van der Waals surface area (Å²) in [6.07, 6.45) is 6.32. The van der Waals surface area contributed by atoms with E-state index >= 15 is 0 Å². The Morgan fingerprint density at radius 1 is 1.46 bits per heavy atom. The van der Waals surface area contributed by atoms with Crippen molar-refractivity contribution in [2.24, 2.45) is 0 Å². The fourth-order valence-electron chi connectivity index (χ4n) is 3.03. The number of rotatable bonds is 5. The zero-order chi connectivity index (χ0) is 17.3. The Morgan fingerprint density at radius 3 is 2.96 bits per heavy atom. The molecule has 24 heavy (non-hydrogen) atoms. The van der Waals surface area contributed by atoms with E-state index in [2.05, 4.69) is 38.5 Å². The first-order valence-corrected chi connectivity index (χ1v) is 9.84. The minimum absolute atomic E-state index is 0.191. The quantitative estimate of drug-likeness (QED) is 0.867. The Bertz CT molecular complexity index is 796. The molecule has 0 bridgehead atoms. The summed E-state index contributed by atoms with van der Waals surface area (Å²) < 4.78 is 31.7.